The van der Waals surface area contributed by atoms with Crippen molar-refractivity contribution in [2.24, 2.45) is 0 Å². The van der Waals surface area contributed by atoms with Crippen LogP contribution < -0.4 is 5.56 Å². The lowest BCUT2D eigenvalue weighted by Crippen LogP contribution is -2.15. The molecule has 6 heteroatoms. The van der Waals surface area contributed by atoms with Crippen LogP contribution in [0.5, 0.6) is 0 Å². The molecule has 0 unspecified atom stereocenters. The van der Waals surface area contributed by atoms with Gasteiger partial charge in [0.15, 0.2) is 4.96 Å². The summed E-state index contributed by atoms with van der Waals surface area (Å²) in [5.74, 6) is 0.780. The second kappa shape index (κ2) is 5.03. The first-order valence-corrected chi connectivity index (χ1v) is 7.86. The van der Waals surface area contributed by atoms with Gasteiger partial charge in [0.25, 0.3) is 5.56 Å². The van der Waals surface area contributed by atoms with Gasteiger partial charge in [-0.05, 0) is 13.3 Å². The van der Waals surface area contributed by atoms with E-state index in [9.17, 15) is 4.79 Å². The number of thiazole rings is 1. The molecule has 1 aliphatic rings. The molecule has 1 aliphatic heterocycles. The first-order chi connectivity index (χ1) is 8.74. The number of aromatic nitrogens is 2. The fourth-order valence-electron chi connectivity index (χ4n) is 2.09. The Labute approximate surface area is 113 Å². The Kier molecular flexibility index (Phi) is 3.41. The van der Waals surface area contributed by atoms with E-state index in [1.807, 2.05) is 17.1 Å². The molecule has 2 aromatic rings. The maximum absolute atomic E-state index is 11.8. The van der Waals surface area contributed by atoms with Gasteiger partial charge in [-0.1, -0.05) is 0 Å². The van der Waals surface area contributed by atoms with Gasteiger partial charge < -0.3 is 4.74 Å². The third kappa shape index (κ3) is 2.32. The van der Waals surface area contributed by atoms with E-state index in [0.717, 1.165) is 29.4 Å². The van der Waals surface area contributed by atoms with Crippen molar-refractivity contribution in [3.05, 3.63) is 33.7 Å². The van der Waals surface area contributed by atoms with E-state index < -0.39 is 0 Å². The lowest BCUT2D eigenvalue weighted by molar-refractivity contribution is 0.127. The average Bonchev–Trinajstić information content (AvgIpc) is 2.95. The van der Waals surface area contributed by atoms with Gasteiger partial charge >= 0.3 is 0 Å². The highest BCUT2D eigenvalue weighted by molar-refractivity contribution is 7.99. The average molecular weight is 282 g/mol. The predicted molar refractivity (Wildman–Crippen MR) is 74.5 cm³/mol. The Morgan fingerprint density at radius 3 is 3.33 bits per heavy atom. The highest BCUT2D eigenvalue weighted by atomic mass is 32.2. The number of hydrogen-bond acceptors (Lipinski definition) is 5. The SMILES string of the molecule is C[C@@H]1OCC[C@@H]1SCc1cc(=O)n2ccsc2n1. The smallest absolute Gasteiger partial charge is 0.258 e. The molecule has 0 aliphatic carbocycles. The van der Waals surface area contributed by atoms with Crippen LogP contribution in [-0.4, -0.2) is 27.3 Å². The molecule has 0 saturated carbocycles. The van der Waals surface area contributed by atoms with Crippen LogP contribution in [0.2, 0.25) is 0 Å². The molecule has 3 heterocycles. The molecule has 4 nitrogen and oxygen atoms in total. The summed E-state index contributed by atoms with van der Waals surface area (Å²) in [5, 5.41) is 2.40. The molecular formula is C12H14N2O2S2. The molecule has 2 atom stereocenters. The quantitative estimate of drug-likeness (QED) is 0.865. The summed E-state index contributed by atoms with van der Waals surface area (Å²) < 4.78 is 7.11. The molecule has 0 radical (unpaired) electrons. The minimum atomic E-state index is 0.00701. The number of hydrogen-bond donors (Lipinski definition) is 0. The van der Waals surface area contributed by atoms with Gasteiger partial charge in [-0.2, -0.15) is 0 Å². The minimum absolute atomic E-state index is 0.00701. The molecule has 1 saturated heterocycles. The minimum Gasteiger partial charge on any atom is -0.377 e. The van der Waals surface area contributed by atoms with Crippen molar-refractivity contribution in [2.75, 3.05) is 6.61 Å². The second-order valence-electron chi connectivity index (χ2n) is 4.36. The Balaban J connectivity index is 1.76. The number of rotatable bonds is 3. The fourth-order valence-corrected chi connectivity index (χ4v) is 3.97. The van der Waals surface area contributed by atoms with E-state index in [4.69, 9.17) is 4.74 Å². The van der Waals surface area contributed by atoms with E-state index in [1.165, 1.54) is 11.3 Å². The normalized spacial score (nSPS) is 23.8. The second-order valence-corrected chi connectivity index (χ2v) is 6.46. The van der Waals surface area contributed by atoms with E-state index in [1.54, 1.807) is 16.7 Å². The largest absolute Gasteiger partial charge is 0.377 e. The lowest BCUT2D eigenvalue weighted by atomic mass is 10.3. The van der Waals surface area contributed by atoms with Crippen LogP contribution in [0.4, 0.5) is 0 Å². The number of thioether (sulfide) groups is 1. The number of ether oxygens (including phenoxy) is 1. The summed E-state index contributed by atoms with van der Waals surface area (Å²) in [6.45, 7) is 2.95. The van der Waals surface area contributed by atoms with E-state index in [0.29, 0.717) is 11.4 Å². The third-order valence-corrected chi connectivity index (χ3v) is 5.37. The molecule has 0 bridgehead atoms. The van der Waals surface area contributed by atoms with Gasteiger partial charge in [-0.3, -0.25) is 9.20 Å². The van der Waals surface area contributed by atoms with Crippen LogP contribution in [0, 0.1) is 0 Å². The van der Waals surface area contributed by atoms with Gasteiger partial charge in [-0.15, -0.1) is 23.1 Å². The van der Waals surface area contributed by atoms with Crippen molar-refractivity contribution in [3.63, 3.8) is 0 Å². The van der Waals surface area contributed by atoms with Crippen LogP contribution in [0.15, 0.2) is 22.4 Å². The van der Waals surface area contributed by atoms with Gasteiger partial charge in [0.1, 0.15) is 0 Å². The number of fused-ring (bicyclic) bond motifs is 1. The molecule has 0 amide bonds. The number of nitrogens with zero attached hydrogens (tertiary/aromatic N) is 2. The molecule has 2 aromatic heterocycles. The summed E-state index contributed by atoms with van der Waals surface area (Å²) in [5.41, 5.74) is 0.874. The van der Waals surface area contributed by atoms with Crippen LogP contribution in [0.25, 0.3) is 4.96 Å². The van der Waals surface area contributed by atoms with Crippen molar-refractivity contribution < 1.29 is 4.74 Å². The highest BCUT2D eigenvalue weighted by Crippen LogP contribution is 2.28. The Morgan fingerprint density at radius 1 is 1.67 bits per heavy atom. The Morgan fingerprint density at radius 2 is 2.56 bits per heavy atom. The first-order valence-electron chi connectivity index (χ1n) is 5.93. The highest BCUT2D eigenvalue weighted by Gasteiger charge is 2.24. The molecule has 18 heavy (non-hydrogen) atoms. The predicted octanol–water partition coefficient (Wildman–Crippen LogP) is 2.17. The zero-order chi connectivity index (χ0) is 12.5. The van der Waals surface area contributed by atoms with Crippen molar-refractivity contribution in [1.82, 2.24) is 9.38 Å². The van der Waals surface area contributed by atoms with Gasteiger partial charge in [0, 0.05) is 35.3 Å². The van der Waals surface area contributed by atoms with Crippen LogP contribution >= 0.6 is 23.1 Å². The molecule has 96 valence electrons. The van der Waals surface area contributed by atoms with Gasteiger partial charge in [0.05, 0.1) is 11.8 Å². The van der Waals surface area contributed by atoms with Crippen LogP contribution in [0.3, 0.4) is 0 Å². The molecule has 0 spiro atoms. The van der Waals surface area contributed by atoms with Crippen molar-refractivity contribution >= 4 is 28.1 Å². The van der Waals surface area contributed by atoms with Crippen LogP contribution in [-0.2, 0) is 10.5 Å². The molecule has 1 fully saturated rings. The summed E-state index contributed by atoms with van der Waals surface area (Å²) in [4.78, 5) is 17.1. The molecular weight excluding hydrogens is 268 g/mol. The van der Waals surface area contributed by atoms with Gasteiger partial charge in [0.2, 0.25) is 0 Å². The van der Waals surface area contributed by atoms with Crippen molar-refractivity contribution in [3.8, 4) is 0 Å². The molecule has 3 rings (SSSR count). The monoisotopic (exact) mass is 282 g/mol. The van der Waals surface area contributed by atoms with E-state index in [2.05, 4.69) is 11.9 Å². The maximum Gasteiger partial charge on any atom is 0.258 e. The zero-order valence-corrected chi connectivity index (χ0v) is 11.7. The van der Waals surface area contributed by atoms with Crippen molar-refractivity contribution in [2.45, 2.75) is 30.5 Å². The third-order valence-electron chi connectivity index (χ3n) is 3.11. The summed E-state index contributed by atoms with van der Waals surface area (Å²) >= 11 is 3.33. The lowest BCUT2D eigenvalue weighted by Gasteiger charge is -2.12. The molecule has 0 N–H and O–H groups in total. The van der Waals surface area contributed by atoms with E-state index in [-0.39, 0.29) is 5.56 Å². The van der Waals surface area contributed by atoms with E-state index >= 15 is 0 Å². The fraction of sp³-hybridized carbons (Fsp3) is 0.500. The summed E-state index contributed by atoms with van der Waals surface area (Å²) in [6.07, 6.45) is 3.16. The standard InChI is InChI=1S/C12H14N2O2S2/c1-8-10(2-4-16-8)18-7-9-6-11(15)14-3-5-17-12(14)13-9/h3,5-6,8,10H,2,4,7H2,1H3/t8-,10-/m0/s1. The maximum atomic E-state index is 11.8. The zero-order valence-electron chi connectivity index (χ0n) is 10.0. The first kappa shape index (κ1) is 12.2. The molecule has 0 aromatic carbocycles. The van der Waals surface area contributed by atoms with Crippen molar-refractivity contribution in [1.29, 1.82) is 0 Å². The van der Waals surface area contributed by atoms with Crippen LogP contribution in [0.1, 0.15) is 19.0 Å². The Hall–Kier alpha value is -0.850. The topological polar surface area (TPSA) is 43.6 Å². The summed E-state index contributed by atoms with van der Waals surface area (Å²) in [6, 6.07) is 1.63. The van der Waals surface area contributed by atoms with Gasteiger partial charge in [-0.25, -0.2) is 4.98 Å². The summed E-state index contributed by atoms with van der Waals surface area (Å²) in [7, 11) is 0. The Bertz CT molecular complexity index is 607.